The molecule has 0 spiro atoms. The van der Waals surface area contributed by atoms with Gasteiger partial charge in [0.05, 0.1) is 6.04 Å². The normalized spacial score (nSPS) is 17.0. The molecule has 0 saturated carbocycles. The van der Waals surface area contributed by atoms with E-state index in [9.17, 15) is 9.59 Å². The zero-order valence-corrected chi connectivity index (χ0v) is 15.0. The lowest BCUT2D eigenvalue weighted by atomic mass is 10.1. The van der Waals surface area contributed by atoms with Crippen LogP contribution in [0, 0.1) is 5.92 Å². The predicted octanol–water partition coefficient (Wildman–Crippen LogP) is 1.61. The van der Waals surface area contributed by atoms with Gasteiger partial charge >= 0.3 is 0 Å². The highest BCUT2D eigenvalue weighted by Gasteiger charge is 2.32. The Labute approximate surface area is 147 Å². The molecule has 1 unspecified atom stereocenters. The average molecular weight is 343 g/mol. The van der Waals surface area contributed by atoms with Gasteiger partial charge < -0.3 is 14.8 Å². The number of fused-ring (bicyclic) bond motifs is 1. The lowest BCUT2D eigenvalue weighted by Gasteiger charge is -2.37. The van der Waals surface area contributed by atoms with Gasteiger partial charge in [0.1, 0.15) is 11.4 Å². The van der Waals surface area contributed by atoms with E-state index in [-0.39, 0.29) is 17.9 Å². The third-order valence-corrected chi connectivity index (χ3v) is 4.47. The SMILES string of the molecule is CCn1nccc1C(=O)NCC1Cn2cccc2C(=O)N1CC(C)C. The molecule has 1 aliphatic rings. The molecule has 25 heavy (non-hydrogen) atoms. The van der Waals surface area contributed by atoms with E-state index in [1.807, 2.05) is 34.7 Å². The van der Waals surface area contributed by atoms with Gasteiger partial charge in [-0.3, -0.25) is 14.3 Å². The average Bonchev–Trinajstić information content (AvgIpc) is 3.23. The molecule has 134 valence electrons. The number of carbonyl (C=O) groups excluding carboxylic acids is 2. The Kier molecular flexibility index (Phi) is 4.92. The van der Waals surface area contributed by atoms with Gasteiger partial charge in [0.15, 0.2) is 0 Å². The number of nitrogens with zero attached hydrogens (tertiary/aromatic N) is 4. The minimum Gasteiger partial charge on any atom is -0.349 e. The summed E-state index contributed by atoms with van der Waals surface area (Å²) >= 11 is 0. The van der Waals surface area contributed by atoms with Crippen LogP contribution in [0.25, 0.3) is 0 Å². The Hall–Kier alpha value is -2.57. The van der Waals surface area contributed by atoms with Gasteiger partial charge in [0, 0.05) is 38.6 Å². The summed E-state index contributed by atoms with van der Waals surface area (Å²) in [6, 6.07) is 5.39. The smallest absolute Gasteiger partial charge is 0.270 e. The Morgan fingerprint density at radius 2 is 2.20 bits per heavy atom. The molecule has 0 bridgehead atoms. The van der Waals surface area contributed by atoms with E-state index in [1.165, 1.54) is 0 Å². The van der Waals surface area contributed by atoms with Crippen molar-refractivity contribution < 1.29 is 9.59 Å². The molecule has 7 nitrogen and oxygen atoms in total. The third-order valence-electron chi connectivity index (χ3n) is 4.47. The highest BCUT2D eigenvalue weighted by atomic mass is 16.2. The van der Waals surface area contributed by atoms with Gasteiger partial charge in [-0.25, -0.2) is 0 Å². The van der Waals surface area contributed by atoms with Crippen molar-refractivity contribution in [2.75, 3.05) is 13.1 Å². The van der Waals surface area contributed by atoms with Gasteiger partial charge in [0.2, 0.25) is 0 Å². The molecule has 2 aromatic rings. The van der Waals surface area contributed by atoms with Crippen LogP contribution in [0.3, 0.4) is 0 Å². The van der Waals surface area contributed by atoms with Crippen LogP contribution in [0.5, 0.6) is 0 Å². The second kappa shape index (κ2) is 7.13. The fourth-order valence-electron chi connectivity index (χ4n) is 3.28. The van der Waals surface area contributed by atoms with Crippen LogP contribution in [0.15, 0.2) is 30.6 Å². The highest BCUT2D eigenvalue weighted by molar-refractivity contribution is 5.94. The summed E-state index contributed by atoms with van der Waals surface area (Å²) in [7, 11) is 0. The Morgan fingerprint density at radius 1 is 1.40 bits per heavy atom. The first-order valence-corrected chi connectivity index (χ1v) is 8.77. The molecule has 2 aromatic heterocycles. The van der Waals surface area contributed by atoms with Crippen molar-refractivity contribution in [1.29, 1.82) is 0 Å². The number of nitrogens with one attached hydrogen (secondary N) is 1. The van der Waals surface area contributed by atoms with Crippen LogP contribution in [0.1, 0.15) is 41.7 Å². The molecule has 1 aliphatic heterocycles. The zero-order valence-electron chi connectivity index (χ0n) is 15.0. The quantitative estimate of drug-likeness (QED) is 0.866. The van der Waals surface area contributed by atoms with E-state index < -0.39 is 0 Å². The summed E-state index contributed by atoms with van der Waals surface area (Å²) < 4.78 is 3.63. The van der Waals surface area contributed by atoms with E-state index >= 15 is 0 Å². The van der Waals surface area contributed by atoms with Crippen LogP contribution in [0.2, 0.25) is 0 Å². The predicted molar refractivity (Wildman–Crippen MR) is 94.3 cm³/mol. The lowest BCUT2D eigenvalue weighted by molar-refractivity contribution is 0.0553. The van der Waals surface area contributed by atoms with Gasteiger partial charge in [-0.1, -0.05) is 13.8 Å². The second-order valence-corrected chi connectivity index (χ2v) is 6.79. The van der Waals surface area contributed by atoms with Crippen molar-refractivity contribution in [3.05, 3.63) is 42.0 Å². The summed E-state index contributed by atoms with van der Waals surface area (Å²) in [4.78, 5) is 27.1. The molecule has 3 heterocycles. The number of rotatable bonds is 6. The number of carbonyl (C=O) groups is 2. The van der Waals surface area contributed by atoms with Gasteiger partial charge in [-0.15, -0.1) is 0 Å². The Balaban J connectivity index is 1.73. The molecule has 1 N–H and O–H groups in total. The zero-order chi connectivity index (χ0) is 18.0. The molecule has 0 aliphatic carbocycles. The first kappa shape index (κ1) is 17.3. The second-order valence-electron chi connectivity index (χ2n) is 6.79. The van der Waals surface area contributed by atoms with Gasteiger partial charge in [-0.05, 0) is 31.0 Å². The summed E-state index contributed by atoms with van der Waals surface area (Å²) in [6.45, 7) is 8.56. The van der Waals surface area contributed by atoms with Gasteiger partial charge in [0.25, 0.3) is 11.8 Å². The maximum atomic E-state index is 12.8. The standard InChI is InChI=1S/C18H25N5O2/c1-4-23-15(7-8-20-23)17(24)19-10-14-12-21-9-5-6-16(21)18(25)22(14)11-13(2)3/h5-9,13-14H,4,10-12H2,1-3H3,(H,19,24). The first-order chi connectivity index (χ1) is 12.0. The molecule has 7 heteroatoms. The van der Waals surface area contributed by atoms with E-state index in [2.05, 4.69) is 24.3 Å². The minimum absolute atomic E-state index is 0.0304. The molecule has 0 fully saturated rings. The number of aryl methyl sites for hydroxylation is 1. The van der Waals surface area contributed by atoms with Gasteiger partial charge in [-0.2, -0.15) is 5.10 Å². The summed E-state index contributed by atoms with van der Waals surface area (Å²) in [5, 5.41) is 7.10. The first-order valence-electron chi connectivity index (χ1n) is 8.77. The number of amides is 2. The van der Waals surface area contributed by atoms with E-state index in [4.69, 9.17) is 0 Å². The number of hydrogen-bond donors (Lipinski definition) is 1. The molecule has 2 amide bonds. The molecule has 1 atom stereocenters. The third kappa shape index (κ3) is 3.45. The van der Waals surface area contributed by atoms with Crippen molar-refractivity contribution in [2.24, 2.45) is 5.92 Å². The molecular formula is C18H25N5O2. The number of aromatic nitrogens is 3. The summed E-state index contributed by atoms with van der Waals surface area (Å²) in [5.41, 5.74) is 1.26. The van der Waals surface area contributed by atoms with E-state index in [0.717, 1.165) is 0 Å². The summed E-state index contributed by atoms with van der Waals surface area (Å²) in [6.07, 6.45) is 3.54. The summed E-state index contributed by atoms with van der Waals surface area (Å²) in [5.74, 6) is 0.239. The maximum absolute atomic E-state index is 12.8. The molecule has 0 aromatic carbocycles. The van der Waals surface area contributed by atoms with Crippen molar-refractivity contribution in [3.8, 4) is 0 Å². The van der Waals surface area contributed by atoms with Crippen LogP contribution in [-0.4, -0.2) is 50.2 Å². The van der Waals surface area contributed by atoms with Crippen LogP contribution < -0.4 is 5.32 Å². The Bertz CT molecular complexity index is 761. The fraction of sp³-hybridized carbons (Fsp3) is 0.500. The minimum atomic E-state index is -0.158. The highest BCUT2D eigenvalue weighted by Crippen LogP contribution is 2.19. The van der Waals surface area contributed by atoms with E-state index in [1.54, 1.807) is 16.9 Å². The lowest BCUT2D eigenvalue weighted by Crippen LogP contribution is -2.53. The van der Waals surface area contributed by atoms with Crippen LogP contribution >= 0.6 is 0 Å². The van der Waals surface area contributed by atoms with Crippen molar-refractivity contribution in [1.82, 2.24) is 24.6 Å². The molecule has 0 radical (unpaired) electrons. The molecule has 3 rings (SSSR count). The van der Waals surface area contributed by atoms with Crippen LogP contribution in [-0.2, 0) is 13.1 Å². The maximum Gasteiger partial charge on any atom is 0.270 e. The van der Waals surface area contributed by atoms with Crippen LogP contribution in [0.4, 0.5) is 0 Å². The number of hydrogen-bond acceptors (Lipinski definition) is 3. The molecule has 0 saturated heterocycles. The topological polar surface area (TPSA) is 72.2 Å². The monoisotopic (exact) mass is 343 g/mol. The van der Waals surface area contributed by atoms with Crippen molar-refractivity contribution in [3.63, 3.8) is 0 Å². The van der Waals surface area contributed by atoms with E-state index in [0.29, 0.717) is 43.5 Å². The molecular weight excluding hydrogens is 318 g/mol. The van der Waals surface area contributed by atoms with Crippen molar-refractivity contribution in [2.45, 2.75) is 39.9 Å². The van der Waals surface area contributed by atoms with Crippen molar-refractivity contribution >= 4 is 11.8 Å². The largest absolute Gasteiger partial charge is 0.349 e. The fourth-order valence-corrected chi connectivity index (χ4v) is 3.28. The Morgan fingerprint density at radius 3 is 2.92 bits per heavy atom.